The average molecular weight is 684 g/mol. The van der Waals surface area contributed by atoms with Gasteiger partial charge >= 0.3 is 18.0 Å². The van der Waals surface area contributed by atoms with Crippen molar-refractivity contribution >= 4 is 29.1 Å². The molecule has 1 saturated carbocycles. The van der Waals surface area contributed by atoms with Gasteiger partial charge in [-0.2, -0.15) is 36.7 Å². The number of amides is 2. The van der Waals surface area contributed by atoms with Gasteiger partial charge in [0, 0.05) is 12.7 Å². The Balaban J connectivity index is 1.51. The molecule has 1 aliphatic rings. The molecule has 1 fully saturated rings. The molecule has 0 bridgehead atoms. The summed E-state index contributed by atoms with van der Waals surface area (Å²) in [6.45, 7) is 1.29. The lowest BCUT2D eigenvalue weighted by atomic mass is 10.0. The molecule has 3 aromatic heterocycles. The molecule has 1 aromatic carbocycles. The molecular formula is C28H21ClF7N9O2. The van der Waals surface area contributed by atoms with Gasteiger partial charge in [0.15, 0.2) is 5.82 Å². The largest absolute Gasteiger partial charge is 0.437 e. The molecule has 5 rings (SSSR count). The van der Waals surface area contributed by atoms with E-state index in [4.69, 9.17) is 11.6 Å². The van der Waals surface area contributed by atoms with E-state index in [1.807, 2.05) is 6.07 Å². The highest BCUT2D eigenvalue weighted by Gasteiger charge is 2.75. The van der Waals surface area contributed by atoms with Gasteiger partial charge in [-0.1, -0.05) is 16.8 Å². The van der Waals surface area contributed by atoms with Gasteiger partial charge in [-0.3, -0.25) is 9.59 Å². The number of benzene rings is 1. The predicted molar refractivity (Wildman–Crippen MR) is 149 cm³/mol. The van der Waals surface area contributed by atoms with Gasteiger partial charge in [0.1, 0.15) is 11.4 Å². The van der Waals surface area contributed by atoms with Gasteiger partial charge in [0.25, 0.3) is 11.8 Å². The first-order chi connectivity index (χ1) is 22.0. The van der Waals surface area contributed by atoms with Crippen LogP contribution < -0.4 is 10.6 Å². The minimum absolute atomic E-state index is 0.00288. The van der Waals surface area contributed by atoms with E-state index >= 15 is 0 Å². The zero-order chi connectivity index (χ0) is 34.3. The highest BCUT2D eigenvalue weighted by molar-refractivity contribution is 6.32. The van der Waals surface area contributed by atoms with Gasteiger partial charge in [-0.05, 0) is 61.6 Å². The number of anilines is 1. The molecule has 1 aliphatic carbocycles. The fourth-order valence-electron chi connectivity index (χ4n) is 4.54. The summed E-state index contributed by atoms with van der Waals surface area (Å²) in [5, 5.41) is 25.0. The molecule has 0 atom stereocenters. The predicted octanol–water partition coefficient (Wildman–Crippen LogP) is 5.42. The van der Waals surface area contributed by atoms with Crippen LogP contribution in [0.5, 0.6) is 0 Å². The Hall–Kier alpha value is -5.05. The van der Waals surface area contributed by atoms with E-state index in [-0.39, 0.29) is 45.2 Å². The maximum absolute atomic E-state index is 14.5. The molecular weight excluding hydrogens is 663 g/mol. The number of rotatable bonds is 9. The molecule has 19 heteroatoms. The van der Waals surface area contributed by atoms with Crippen molar-refractivity contribution in [3.63, 3.8) is 0 Å². The molecule has 246 valence electrons. The highest BCUT2D eigenvalue weighted by Crippen LogP contribution is 2.52. The van der Waals surface area contributed by atoms with Crippen LogP contribution in [0.15, 0.2) is 42.7 Å². The van der Waals surface area contributed by atoms with Crippen LogP contribution >= 0.6 is 11.6 Å². The van der Waals surface area contributed by atoms with Crippen molar-refractivity contribution < 1.29 is 40.3 Å². The van der Waals surface area contributed by atoms with Crippen LogP contribution in [0.2, 0.25) is 5.02 Å². The first-order valence-corrected chi connectivity index (χ1v) is 14.0. The molecule has 0 unspecified atom stereocenters. The fraction of sp³-hybridized carbons (Fsp3) is 0.321. The lowest BCUT2D eigenvalue weighted by molar-refractivity contribution is -0.350. The third-order valence-electron chi connectivity index (χ3n) is 7.13. The number of nitrogens with zero attached hydrogens (tertiary/aromatic N) is 7. The minimum atomic E-state index is -6.40. The lowest BCUT2D eigenvalue weighted by Gasteiger charge is -2.27. The molecule has 4 aromatic rings. The quantitative estimate of drug-likeness (QED) is 0.224. The molecule has 0 saturated heterocycles. The van der Waals surface area contributed by atoms with Crippen molar-refractivity contribution in [3.05, 3.63) is 81.5 Å². The SMILES string of the molecule is Cc1cc(C#N)cc(C(=O)NCC2CC2)c1NC(=O)c1cc(Cn2cc(C(F)(C(F)(F)F)C(F)(F)F)nn2)nn1-c1ncccc1Cl. The molecule has 0 spiro atoms. The Morgan fingerprint density at radius 1 is 1.09 bits per heavy atom. The lowest BCUT2D eigenvalue weighted by Crippen LogP contribution is -2.50. The van der Waals surface area contributed by atoms with Gasteiger partial charge in [0.2, 0.25) is 0 Å². The van der Waals surface area contributed by atoms with Crippen molar-refractivity contribution in [2.24, 2.45) is 5.92 Å². The maximum Gasteiger partial charge on any atom is 0.437 e. The Kier molecular flexibility index (Phi) is 8.71. The van der Waals surface area contributed by atoms with Crippen LogP contribution in [0, 0.1) is 24.2 Å². The number of nitrogens with one attached hydrogen (secondary N) is 2. The number of aromatic nitrogens is 6. The van der Waals surface area contributed by atoms with Gasteiger partial charge in [-0.25, -0.2) is 18.7 Å². The van der Waals surface area contributed by atoms with E-state index in [0.29, 0.717) is 22.7 Å². The molecule has 47 heavy (non-hydrogen) atoms. The molecule has 0 aliphatic heterocycles. The van der Waals surface area contributed by atoms with E-state index < -0.39 is 42.1 Å². The normalized spacial score (nSPS) is 13.7. The number of pyridine rings is 1. The second-order valence-corrected chi connectivity index (χ2v) is 11.0. The fourth-order valence-corrected chi connectivity index (χ4v) is 4.74. The van der Waals surface area contributed by atoms with Crippen molar-refractivity contribution in [2.45, 2.75) is 44.3 Å². The van der Waals surface area contributed by atoms with Crippen LogP contribution in [-0.2, 0) is 12.2 Å². The summed E-state index contributed by atoms with van der Waals surface area (Å²) in [5.74, 6) is -1.18. The van der Waals surface area contributed by atoms with E-state index in [0.717, 1.165) is 23.6 Å². The van der Waals surface area contributed by atoms with E-state index in [2.05, 4.69) is 31.0 Å². The van der Waals surface area contributed by atoms with E-state index in [1.165, 1.54) is 30.5 Å². The Bertz CT molecular complexity index is 1880. The number of nitriles is 1. The monoisotopic (exact) mass is 683 g/mol. The Morgan fingerprint density at radius 3 is 2.40 bits per heavy atom. The topological polar surface area (TPSA) is 143 Å². The minimum Gasteiger partial charge on any atom is -0.352 e. The number of hydrogen-bond donors (Lipinski definition) is 2. The van der Waals surface area contributed by atoms with Crippen molar-refractivity contribution in [2.75, 3.05) is 11.9 Å². The van der Waals surface area contributed by atoms with Crippen molar-refractivity contribution in [1.29, 1.82) is 5.26 Å². The molecule has 0 radical (unpaired) electrons. The summed E-state index contributed by atoms with van der Waals surface area (Å²) in [4.78, 5) is 30.9. The maximum atomic E-state index is 14.5. The van der Waals surface area contributed by atoms with Crippen molar-refractivity contribution in [1.82, 2.24) is 35.1 Å². The van der Waals surface area contributed by atoms with Crippen LogP contribution in [0.3, 0.4) is 0 Å². The van der Waals surface area contributed by atoms with Gasteiger partial charge in [0.05, 0.1) is 46.3 Å². The third kappa shape index (κ3) is 6.61. The second kappa shape index (κ2) is 12.3. The molecule has 3 heterocycles. The smallest absolute Gasteiger partial charge is 0.352 e. The summed E-state index contributed by atoms with van der Waals surface area (Å²) < 4.78 is 95.2. The summed E-state index contributed by atoms with van der Waals surface area (Å²) in [5.41, 5.74) is -7.71. The third-order valence-corrected chi connectivity index (χ3v) is 7.42. The van der Waals surface area contributed by atoms with Crippen molar-refractivity contribution in [3.8, 4) is 11.9 Å². The Morgan fingerprint density at radius 2 is 1.79 bits per heavy atom. The zero-order valence-electron chi connectivity index (χ0n) is 23.9. The van der Waals surface area contributed by atoms with Crippen LogP contribution in [0.25, 0.3) is 5.82 Å². The van der Waals surface area contributed by atoms with Crippen LogP contribution in [-0.4, -0.2) is 60.5 Å². The first kappa shape index (κ1) is 33.3. The summed E-state index contributed by atoms with van der Waals surface area (Å²) in [7, 11) is 0. The Labute approximate surface area is 265 Å². The first-order valence-electron chi connectivity index (χ1n) is 13.6. The summed E-state index contributed by atoms with van der Waals surface area (Å²) in [6, 6.07) is 8.71. The standard InChI is InChI=1S/C28H21ClF7N9O2/c1-14-7-16(10-37)8-18(24(46)39-11-15-4-5-15)22(14)40-25(47)20-9-17(42-45(20)23-19(29)3-2-6-38-23)12-44-13-21(41-43-44)26(30,27(31,32)33)28(34,35)36/h2-3,6-9,13,15H,4-5,11-12H2,1H3,(H,39,46)(H,40,47). The zero-order valence-corrected chi connectivity index (χ0v) is 24.7. The molecule has 2 N–H and O–H groups in total. The number of alkyl halides is 7. The average Bonchev–Trinajstić information content (AvgIpc) is 3.56. The van der Waals surface area contributed by atoms with E-state index in [9.17, 15) is 45.6 Å². The number of halogens is 8. The summed E-state index contributed by atoms with van der Waals surface area (Å²) in [6.07, 6.45) is -9.44. The van der Waals surface area contributed by atoms with E-state index in [1.54, 1.807) is 6.92 Å². The molecule has 11 nitrogen and oxygen atoms in total. The van der Waals surface area contributed by atoms with Crippen LogP contribution in [0.1, 0.15) is 56.2 Å². The molecule has 2 amide bonds. The highest BCUT2D eigenvalue weighted by atomic mass is 35.5. The number of hydrogen-bond acceptors (Lipinski definition) is 7. The van der Waals surface area contributed by atoms with Gasteiger partial charge < -0.3 is 10.6 Å². The summed E-state index contributed by atoms with van der Waals surface area (Å²) >= 11 is 6.27. The number of aryl methyl sites for hydroxylation is 1. The number of carbonyl (C=O) groups excluding carboxylic acids is 2. The van der Waals surface area contributed by atoms with Crippen LogP contribution in [0.4, 0.5) is 36.4 Å². The number of carbonyl (C=O) groups is 2. The van der Waals surface area contributed by atoms with Gasteiger partial charge in [-0.15, -0.1) is 5.10 Å². The second-order valence-electron chi connectivity index (χ2n) is 10.6.